The Balaban J connectivity index is -0.000000280. The van der Waals surface area contributed by atoms with Gasteiger partial charge in [0.05, 0.1) is 6.54 Å². The van der Waals surface area contributed by atoms with Gasteiger partial charge < -0.3 is 89.1 Å². The van der Waals surface area contributed by atoms with Crippen molar-refractivity contribution in [3.63, 3.8) is 0 Å². The van der Waals surface area contributed by atoms with Crippen molar-refractivity contribution < 1.29 is 154 Å². The van der Waals surface area contributed by atoms with Gasteiger partial charge in [-0.25, -0.2) is 33.2 Å². The van der Waals surface area contributed by atoms with Crippen molar-refractivity contribution in [2.24, 2.45) is 16.5 Å². The molecule has 0 saturated carbocycles. The monoisotopic (exact) mass is 2040 g/mol. The highest BCUT2D eigenvalue weighted by Crippen LogP contribution is 2.20. The fraction of sp³-hybridized carbons (Fsp3) is 0.640. The maximum absolute atomic E-state index is 11.9. The standard InChI is InChI=1S/C19H35N3O6Si.C10H12ClNO3.C10H12N2O3.C10H15NO5.C10H13NO4.C9H23NO3Si.C6H13NO2.C6H15N.C4H2O3.C2H4O2.Cl2OS.H2/c1-4-26-29(27-5-2,28-6-3)16-10-14-21-19(25)20-13-8-7-9-15-22-17(23)11-12-18(22)24;11-8(13)4-2-1-3-7-12-9(14)5-6-10(12)15;13-8-11-6-2-1-3-7-12-9(14)4-5-10(12)15;12-8(5-6-10(15)16)11-7-3-1-2-4-9(13)14;12-8-5-6-9(13)11(8)7-3-1-2-4-10(14)15;1-4-11-14(12-5-2,13-6-3)9-7-8-10;7-5-3-1-2-4-6(8)9;1-4-7(5-2)6-3;5-3-1-2-4(6)7-3;1-2(3)4;1-4(2)3;/h11-12H,4-10,13-16H2,1-3H3,(H2,20,21,25);5-6H,1-4,7H2;4-5H,1-3,6-7H2;5-6H,1-4,7H2,(H,11,12)(H,13,14)(H,15,16);5-6H,1-4,7H2,(H,14,15);4-10H2,1-3H3;1-5,7H2,(H,8,9);4-6H2,1-3H3;1-2H;1H3,(H,3,4);;1H/b;;;6-5-;;;;;;;;. The van der Waals surface area contributed by atoms with Crippen LogP contribution in [0.25, 0.3) is 0 Å². The number of hydrogen-bond acceptors (Lipinski definition) is 31. The van der Waals surface area contributed by atoms with Crippen molar-refractivity contribution in [2.75, 3.05) is 125 Å². The van der Waals surface area contributed by atoms with Crippen molar-refractivity contribution in [2.45, 2.75) is 235 Å². The SMILES string of the molecule is CC(=O)O.CCN(CC)CC.CCO[Si](CCCN)(OCC)OCC.CCO[Si](CCCNC(=O)NCCCCCN1C(=O)C=CC1=O)(OCC)OCC.NCCCCCC(=O)O.O=C(Cl)CCCCCN1C(=O)C=CC1=O.O=C(O)/C=C\C(=O)NCCCCCC(=O)O.O=C(O)CCCCCN1C(=O)C=CC1=O.O=C1C=CC(=O)O1.O=C=NCCCCCN1C(=O)C=CC1=O.O=S(Cl)Cl.[HH]. The number of nitrogens with two attached hydrogens (primary N) is 2. The van der Waals surface area contributed by atoms with Crippen LogP contribution in [-0.4, -0.2) is 309 Å². The van der Waals surface area contributed by atoms with E-state index in [0.29, 0.717) is 169 Å². The number of isocyanates is 1. The number of unbranched alkanes of at least 4 members (excludes halogenated alkanes) is 12. The molecule has 12 N–H and O–H groups in total. The summed E-state index contributed by atoms with van der Waals surface area (Å²) < 4.78 is 47.4. The van der Waals surface area contributed by atoms with Gasteiger partial charge in [0.1, 0.15) is 0 Å². The van der Waals surface area contributed by atoms with Crippen LogP contribution in [0.5, 0.6) is 0 Å². The summed E-state index contributed by atoms with van der Waals surface area (Å²) in [7, 11) is 2.30. The minimum Gasteiger partial charge on any atom is -0.481 e. The lowest BCUT2D eigenvalue weighted by Crippen LogP contribution is -2.46. The molecule has 0 radical (unpaired) electrons. The summed E-state index contributed by atoms with van der Waals surface area (Å²) in [4.78, 5) is 212. The van der Waals surface area contributed by atoms with Crippen molar-refractivity contribution in [1.82, 2.24) is 40.4 Å². The third-order valence-electron chi connectivity index (χ3n) is 17.2. The Morgan fingerprint density at radius 1 is 0.430 bits per heavy atom. The van der Waals surface area contributed by atoms with E-state index in [2.05, 4.69) is 72.7 Å². The lowest BCUT2D eigenvalue weighted by Gasteiger charge is -2.28. The van der Waals surface area contributed by atoms with Gasteiger partial charge in [-0.1, -0.05) is 46.5 Å². The number of carbonyl (C=O) groups is 18. The zero-order valence-corrected chi connectivity index (χ0v) is 84.5. The molecule has 0 bridgehead atoms. The molecular weight excluding hydrogens is 1890 g/mol. The molecule has 0 unspecified atom stereocenters. The number of halogens is 3. The average Bonchev–Trinajstić information content (AvgIpc) is 1.81. The van der Waals surface area contributed by atoms with E-state index in [1.807, 2.05) is 41.5 Å². The molecule has 135 heavy (non-hydrogen) atoms. The Hall–Kier alpha value is -9.63. The smallest absolute Gasteiger partial charge is 0.481 e. The van der Waals surface area contributed by atoms with Gasteiger partial charge in [-0.05, 0) is 189 Å². The fourth-order valence-electron chi connectivity index (χ4n) is 11.0. The van der Waals surface area contributed by atoms with Gasteiger partial charge in [0, 0.05) is 226 Å². The number of rotatable bonds is 59. The van der Waals surface area contributed by atoms with E-state index in [1.165, 1.54) is 93.9 Å². The average molecular weight is 2040 g/mol. The number of nitrogens with zero attached hydrogens (tertiary/aromatic N) is 6. The molecule has 5 aliphatic rings. The zero-order chi connectivity index (χ0) is 104. The third-order valence-corrected chi connectivity index (χ3v) is 23.7. The van der Waals surface area contributed by atoms with E-state index in [0.717, 1.165) is 114 Å². The maximum Gasteiger partial charge on any atom is 0.500 e. The number of ether oxygens (including phenoxy) is 1. The van der Waals surface area contributed by atoms with Crippen molar-refractivity contribution in [3.05, 3.63) is 72.9 Å². The van der Waals surface area contributed by atoms with E-state index in [4.69, 9.17) is 84.2 Å². The number of hydrogen-bond donors (Lipinski definition) is 10. The fourth-order valence-corrected chi connectivity index (χ4v) is 16.3. The van der Waals surface area contributed by atoms with Gasteiger partial charge in [-0.2, -0.15) is 0 Å². The minimum absolute atomic E-state index is 0. The maximum atomic E-state index is 11.9. The first-order valence-corrected chi connectivity index (χ1v) is 51.7. The number of amides is 11. The number of aliphatic imine (C=N–C) groups is 1. The van der Waals surface area contributed by atoms with Crippen LogP contribution in [0.3, 0.4) is 0 Å². The molecule has 0 aromatic carbocycles. The summed E-state index contributed by atoms with van der Waals surface area (Å²) in [5.74, 6) is -8.04. The van der Waals surface area contributed by atoms with Gasteiger partial charge in [-0.3, -0.25) is 86.7 Å². The second kappa shape index (κ2) is 92.1. The number of esters is 2. The molecule has 0 aliphatic carbocycles. The van der Waals surface area contributed by atoms with Crippen LogP contribution >= 0.6 is 33.0 Å². The van der Waals surface area contributed by atoms with Crippen LogP contribution in [0.4, 0.5) is 4.79 Å². The predicted octanol–water partition coefficient (Wildman–Crippen LogP) is 8.75. The Kier molecular flexibility index (Phi) is 92.8. The molecule has 5 aliphatic heterocycles. The number of aliphatic carboxylic acids is 5. The molecule has 0 fully saturated rings. The van der Waals surface area contributed by atoms with Gasteiger partial charge in [0.2, 0.25) is 26.5 Å². The summed E-state index contributed by atoms with van der Waals surface area (Å²) in [5.41, 5.74) is 10.7. The molecule has 0 saturated heterocycles. The van der Waals surface area contributed by atoms with Gasteiger partial charge in [-0.15, -0.1) is 0 Å². The highest BCUT2D eigenvalue weighted by molar-refractivity contribution is 8.26. The lowest BCUT2D eigenvalue weighted by atomic mass is 10.2. The minimum atomic E-state index is -2.66. The van der Waals surface area contributed by atoms with Crippen LogP contribution in [0.15, 0.2) is 77.9 Å². The van der Waals surface area contributed by atoms with Crippen LogP contribution in [0.1, 0.15) is 225 Å². The highest BCUT2D eigenvalue weighted by Gasteiger charge is 2.41. The van der Waals surface area contributed by atoms with E-state index in [9.17, 15) is 86.3 Å². The Bertz CT molecular complexity index is 3490. The molecule has 5 heterocycles. The summed E-state index contributed by atoms with van der Waals surface area (Å²) >= 11 is 5.16. The molecule has 0 aromatic heterocycles. The van der Waals surface area contributed by atoms with Crippen molar-refractivity contribution in [1.29, 1.82) is 0 Å². The lowest BCUT2D eigenvalue weighted by molar-refractivity contribution is -0.151. The zero-order valence-electron chi connectivity index (χ0n) is 79.4. The normalized spacial score (nSPS) is 13.0. The van der Waals surface area contributed by atoms with E-state index in [1.54, 1.807) is 0 Å². The van der Waals surface area contributed by atoms with Crippen molar-refractivity contribution >= 4 is 172 Å². The Morgan fingerprint density at radius 3 is 0.963 bits per heavy atom. The van der Waals surface area contributed by atoms with E-state index in [-0.39, 0.29) is 79.2 Å². The second-order valence-corrected chi connectivity index (χ2v) is 36.2. The second-order valence-electron chi connectivity index (χ2n) is 27.8. The van der Waals surface area contributed by atoms with Crippen LogP contribution in [-0.2, 0) is 127 Å². The number of nitrogens with one attached hydrogen (secondary N) is 3. The summed E-state index contributed by atoms with van der Waals surface area (Å²) in [6.07, 6.45) is 31.5. The number of carbonyl (C=O) groups excluding carboxylic acids is 14. The summed E-state index contributed by atoms with van der Waals surface area (Å²) in [6, 6.07) is 1.26. The van der Waals surface area contributed by atoms with E-state index < -0.39 is 74.5 Å². The van der Waals surface area contributed by atoms with E-state index >= 15 is 0 Å². The predicted molar refractivity (Wildman–Crippen MR) is 510 cm³/mol. The van der Waals surface area contributed by atoms with Crippen LogP contribution in [0, 0.1) is 0 Å². The largest absolute Gasteiger partial charge is 0.500 e. The first kappa shape index (κ1) is 136. The Labute approximate surface area is 811 Å². The molecule has 49 heteroatoms. The van der Waals surface area contributed by atoms with Crippen LogP contribution < -0.4 is 27.4 Å². The Morgan fingerprint density at radius 2 is 0.704 bits per heavy atom. The number of cyclic esters (lactones) is 2. The molecule has 5 rings (SSSR count). The molecule has 772 valence electrons. The molecule has 11 amide bonds. The number of urea groups is 1. The molecule has 0 spiro atoms. The third kappa shape index (κ3) is 85.8. The number of imide groups is 4. The molecule has 0 aromatic rings. The van der Waals surface area contributed by atoms with Crippen LogP contribution in [0.2, 0.25) is 12.1 Å². The number of carboxylic acid groups (broad SMARTS) is 5. The highest BCUT2D eigenvalue weighted by atomic mass is 36.0. The van der Waals surface area contributed by atoms with Gasteiger partial charge in [0.15, 0.2) is 0 Å². The summed E-state index contributed by atoms with van der Waals surface area (Å²) in [6.45, 7) is 31.3. The van der Waals surface area contributed by atoms with Gasteiger partial charge in [0.25, 0.3) is 53.2 Å². The van der Waals surface area contributed by atoms with Gasteiger partial charge >= 0.3 is 59.5 Å². The molecule has 0 atom stereocenters. The first-order chi connectivity index (χ1) is 64.1. The quantitative estimate of drug-likeness (QED) is 0.00313. The number of carboxylic acids is 5. The van der Waals surface area contributed by atoms with Crippen molar-refractivity contribution in [3.8, 4) is 0 Å². The topological polar surface area (TPSA) is 624 Å². The molecule has 43 nitrogen and oxygen atoms in total. The summed E-state index contributed by atoms with van der Waals surface area (Å²) in [5, 5.41) is 48.3. The first-order valence-electron chi connectivity index (χ1n) is 44.6. The molecular formula is C86H146Cl3N11O32SSi2.